The van der Waals surface area contributed by atoms with Crippen LogP contribution < -0.4 is 15.5 Å². The summed E-state index contributed by atoms with van der Waals surface area (Å²) in [5.74, 6) is 0. The molecule has 1 saturated carbocycles. The van der Waals surface area contributed by atoms with Gasteiger partial charge < -0.3 is 20.6 Å². The Morgan fingerprint density at radius 2 is 2.18 bits per heavy atom. The minimum atomic E-state index is -0.662. The van der Waals surface area contributed by atoms with Crippen LogP contribution in [0.3, 0.4) is 0 Å². The van der Waals surface area contributed by atoms with Crippen molar-refractivity contribution in [2.24, 2.45) is 0 Å². The molecule has 5 nitrogen and oxygen atoms in total. The molecule has 1 aromatic carbocycles. The van der Waals surface area contributed by atoms with Gasteiger partial charge in [-0.2, -0.15) is 0 Å². The lowest BCUT2D eigenvalue weighted by molar-refractivity contribution is 0.172. The summed E-state index contributed by atoms with van der Waals surface area (Å²) < 4.78 is 0. The van der Waals surface area contributed by atoms with Crippen molar-refractivity contribution in [3.8, 4) is 0 Å². The van der Waals surface area contributed by atoms with Gasteiger partial charge in [-0.15, -0.1) is 0 Å². The molecule has 3 rings (SSSR count). The minimum absolute atomic E-state index is 0.174. The van der Waals surface area contributed by atoms with Crippen LogP contribution in [0.2, 0.25) is 0 Å². The number of benzene rings is 1. The normalized spacial score (nSPS) is 19.1. The number of fused-ring (bicyclic) bond motifs is 1. The summed E-state index contributed by atoms with van der Waals surface area (Å²) >= 11 is 0. The summed E-state index contributed by atoms with van der Waals surface area (Å²) in [6, 6.07) is 6.18. The molecule has 0 saturated heterocycles. The summed E-state index contributed by atoms with van der Waals surface area (Å²) in [4.78, 5) is 14.0. The molecule has 3 N–H and O–H groups in total. The summed E-state index contributed by atoms with van der Waals surface area (Å²) in [5, 5.41) is 16.0. The smallest absolute Gasteiger partial charge is 0.315 e. The van der Waals surface area contributed by atoms with E-state index in [1.165, 1.54) is 24.1 Å². The maximum absolute atomic E-state index is 11.8. The molecule has 1 aliphatic heterocycles. The third kappa shape index (κ3) is 3.35. The number of carbonyl (C=O) groups is 1. The van der Waals surface area contributed by atoms with E-state index in [2.05, 4.69) is 34.7 Å². The van der Waals surface area contributed by atoms with Crippen molar-refractivity contribution in [2.45, 2.75) is 44.2 Å². The SMILES string of the molecule is CN1CCc2cc([C@@H](O)CNC(=O)NC3CCCC3)ccc21. The van der Waals surface area contributed by atoms with Gasteiger partial charge in [-0.1, -0.05) is 25.0 Å². The quantitative estimate of drug-likeness (QED) is 0.796. The van der Waals surface area contributed by atoms with E-state index in [1.54, 1.807) is 0 Å². The molecule has 1 fully saturated rings. The van der Waals surface area contributed by atoms with E-state index in [9.17, 15) is 9.90 Å². The van der Waals surface area contributed by atoms with Gasteiger partial charge in [0.25, 0.3) is 0 Å². The number of urea groups is 1. The third-order valence-corrected chi connectivity index (χ3v) is 4.76. The fourth-order valence-corrected chi connectivity index (χ4v) is 3.41. The van der Waals surface area contributed by atoms with Gasteiger partial charge in [-0.05, 0) is 36.5 Å². The summed E-state index contributed by atoms with van der Waals surface area (Å²) in [6.45, 7) is 1.27. The molecular weight excluding hydrogens is 278 g/mol. The monoisotopic (exact) mass is 303 g/mol. The summed E-state index contributed by atoms with van der Waals surface area (Å²) in [7, 11) is 2.08. The Labute approximate surface area is 131 Å². The first-order chi connectivity index (χ1) is 10.6. The molecule has 2 amide bonds. The highest BCUT2D eigenvalue weighted by Gasteiger charge is 2.19. The number of nitrogens with one attached hydrogen (secondary N) is 2. The van der Waals surface area contributed by atoms with Crippen molar-refractivity contribution in [3.05, 3.63) is 29.3 Å². The molecular formula is C17H25N3O2. The predicted octanol–water partition coefficient (Wildman–Crippen LogP) is 1.95. The first kappa shape index (κ1) is 15.2. The van der Waals surface area contributed by atoms with Crippen LogP contribution in [0.1, 0.15) is 42.9 Å². The Hall–Kier alpha value is -1.75. The molecule has 0 aromatic heterocycles. The number of likely N-dealkylation sites (N-methyl/N-ethyl adjacent to an activating group) is 1. The van der Waals surface area contributed by atoms with Gasteiger partial charge in [0.05, 0.1) is 6.10 Å². The summed E-state index contributed by atoms with van der Waals surface area (Å²) in [5.41, 5.74) is 3.38. The van der Waals surface area contributed by atoms with Gasteiger partial charge in [0.15, 0.2) is 0 Å². The maximum atomic E-state index is 11.8. The van der Waals surface area contributed by atoms with Crippen LogP contribution in [-0.2, 0) is 6.42 Å². The average molecular weight is 303 g/mol. The van der Waals surface area contributed by atoms with Crippen molar-refractivity contribution in [1.29, 1.82) is 0 Å². The second-order valence-electron chi connectivity index (χ2n) is 6.41. The highest BCUT2D eigenvalue weighted by molar-refractivity contribution is 5.74. The number of aliphatic hydroxyl groups is 1. The molecule has 5 heteroatoms. The van der Waals surface area contributed by atoms with Crippen LogP contribution in [0.25, 0.3) is 0 Å². The highest BCUT2D eigenvalue weighted by Crippen LogP contribution is 2.29. The van der Waals surface area contributed by atoms with Crippen LogP contribution >= 0.6 is 0 Å². The van der Waals surface area contributed by atoms with Crippen molar-refractivity contribution in [3.63, 3.8) is 0 Å². The van der Waals surface area contributed by atoms with Gasteiger partial charge in [-0.25, -0.2) is 4.79 Å². The molecule has 1 aromatic rings. The predicted molar refractivity (Wildman–Crippen MR) is 87.2 cm³/mol. The van der Waals surface area contributed by atoms with Crippen LogP contribution in [0, 0.1) is 0 Å². The van der Waals surface area contributed by atoms with E-state index >= 15 is 0 Å². The lowest BCUT2D eigenvalue weighted by atomic mass is 10.0. The molecule has 1 heterocycles. The van der Waals surface area contributed by atoms with Gasteiger partial charge in [0.2, 0.25) is 0 Å². The molecule has 120 valence electrons. The molecule has 2 aliphatic rings. The van der Waals surface area contributed by atoms with E-state index in [1.807, 2.05) is 6.07 Å². The highest BCUT2D eigenvalue weighted by atomic mass is 16.3. The Balaban J connectivity index is 1.51. The number of amides is 2. The number of carbonyl (C=O) groups excluding carboxylic acids is 1. The number of anilines is 1. The first-order valence-corrected chi connectivity index (χ1v) is 8.20. The molecule has 0 unspecified atom stereocenters. The number of hydrogen-bond donors (Lipinski definition) is 3. The zero-order chi connectivity index (χ0) is 15.5. The zero-order valence-corrected chi connectivity index (χ0v) is 13.1. The third-order valence-electron chi connectivity index (χ3n) is 4.76. The summed E-state index contributed by atoms with van der Waals surface area (Å²) in [6.07, 6.45) is 4.87. The topological polar surface area (TPSA) is 64.6 Å². The molecule has 1 atom stereocenters. The lowest BCUT2D eigenvalue weighted by Gasteiger charge is -2.17. The number of nitrogens with zero attached hydrogens (tertiary/aromatic N) is 1. The molecule has 0 radical (unpaired) electrons. The van der Waals surface area contributed by atoms with Gasteiger partial charge in [0, 0.05) is 31.9 Å². The Bertz CT molecular complexity index is 541. The van der Waals surface area contributed by atoms with Gasteiger partial charge in [0.1, 0.15) is 0 Å². The van der Waals surface area contributed by atoms with Crippen molar-refractivity contribution >= 4 is 11.7 Å². The zero-order valence-electron chi connectivity index (χ0n) is 13.1. The number of hydrogen-bond acceptors (Lipinski definition) is 3. The van der Waals surface area contributed by atoms with Gasteiger partial charge >= 0.3 is 6.03 Å². The van der Waals surface area contributed by atoms with Crippen molar-refractivity contribution < 1.29 is 9.90 Å². The van der Waals surface area contributed by atoms with Gasteiger partial charge in [-0.3, -0.25) is 0 Å². The Kier molecular flexibility index (Phi) is 4.52. The second kappa shape index (κ2) is 6.57. The average Bonchev–Trinajstić information content (AvgIpc) is 3.15. The number of aliphatic hydroxyl groups excluding tert-OH is 1. The molecule has 22 heavy (non-hydrogen) atoms. The fraction of sp³-hybridized carbons (Fsp3) is 0.588. The first-order valence-electron chi connectivity index (χ1n) is 8.20. The van der Waals surface area contributed by atoms with Crippen LogP contribution in [0.15, 0.2) is 18.2 Å². The van der Waals surface area contributed by atoms with E-state index in [-0.39, 0.29) is 12.6 Å². The maximum Gasteiger partial charge on any atom is 0.315 e. The van der Waals surface area contributed by atoms with Crippen molar-refractivity contribution in [2.75, 3.05) is 25.0 Å². The van der Waals surface area contributed by atoms with E-state index in [4.69, 9.17) is 0 Å². The van der Waals surface area contributed by atoms with E-state index in [0.717, 1.165) is 31.4 Å². The molecule has 0 spiro atoms. The minimum Gasteiger partial charge on any atom is -0.387 e. The van der Waals surface area contributed by atoms with Crippen LogP contribution in [-0.4, -0.2) is 37.3 Å². The van der Waals surface area contributed by atoms with E-state index < -0.39 is 6.10 Å². The van der Waals surface area contributed by atoms with Crippen molar-refractivity contribution in [1.82, 2.24) is 10.6 Å². The van der Waals surface area contributed by atoms with Crippen LogP contribution in [0.5, 0.6) is 0 Å². The number of rotatable bonds is 4. The molecule has 0 bridgehead atoms. The largest absolute Gasteiger partial charge is 0.387 e. The van der Waals surface area contributed by atoms with Crippen LogP contribution in [0.4, 0.5) is 10.5 Å². The van der Waals surface area contributed by atoms with E-state index in [0.29, 0.717) is 6.04 Å². The fourth-order valence-electron chi connectivity index (χ4n) is 3.41. The Morgan fingerprint density at radius 1 is 1.41 bits per heavy atom. The second-order valence-corrected chi connectivity index (χ2v) is 6.41. The molecule has 1 aliphatic carbocycles. The standard InChI is InChI=1S/C17H25N3O2/c1-20-9-8-12-10-13(6-7-15(12)20)16(21)11-18-17(22)19-14-4-2-3-5-14/h6-7,10,14,16,21H,2-5,8-9,11H2,1H3,(H2,18,19,22)/t16-/m0/s1. The lowest BCUT2D eigenvalue weighted by Crippen LogP contribution is -2.42. The Morgan fingerprint density at radius 3 is 2.95 bits per heavy atom.